The predicted molar refractivity (Wildman–Crippen MR) is 140 cm³/mol. The number of ether oxygens (including phenoxy) is 3. The quantitative estimate of drug-likeness (QED) is 0.220. The van der Waals surface area contributed by atoms with Gasteiger partial charge in [-0.3, -0.25) is 14.4 Å². The molecule has 0 aliphatic heterocycles. The zero-order valence-electron chi connectivity index (χ0n) is 20.7. The lowest BCUT2D eigenvalue weighted by molar-refractivity contribution is -0.136. The van der Waals surface area contributed by atoms with E-state index in [9.17, 15) is 14.4 Å². The Morgan fingerprint density at radius 1 is 0.838 bits per heavy atom. The van der Waals surface area contributed by atoms with Gasteiger partial charge in [0.2, 0.25) is 0 Å². The Balaban J connectivity index is 1.54. The molecule has 37 heavy (non-hydrogen) atoms. The molecule has 0 saturated carbocycles. The van der Waals surface area contributed by atoms with E-state index in [1.165, 1.54) is 13.3 Å². The fraction of sp³-hybridized carbons (Fsp3) is 0.185. The molecule has 0 spiro atoms. The third kappa shape index (κ3) is 7.82. The van der Waals surface area contributed by atoms with Crippen molar-refractivity contribution in [2.75, 3.05) is 31.0 Å². The predicted octanol–water partition coefficient (Wildman–Crippen LogP) is 3.51. The number of hydrogen-bond donors (Lipinski definition) is 3. The van der Waals surface area contributed by atoms with Gasteiger partial charge in [-0.25, -0.2) is 5.43 Å². The van der Waals surface area contributed by atoms with E-state index in [0.717, 1.165) is 5.56 Å². The lowest BCUT2D eigenvalue weighted by Gasteiger charge is -2.12. The van der Waals surface area contributed by atoms with Crippen molar-refractivity contribution >= 4 is 35.3 Å². The normalized spacial score (nSPS) is 10.5. The molecule has 3 aromatic rings. The highest BCUT2D eigenvalue weighted by Gasteiger charge is 2.15. The van der Waals surface area contributed by atoms with Crippen molar-refractivity contribution in [1.82, 2.24) is 5.43 Å². The van der Waals surface area contributed by atoms with Gasteiger partial charge in [0, 0.05) is 5.69 Å². The van der Waals surface area contributed by atoms with Gasteiger partial charge in [-0.2, -0.15) is 5.10 Å². The van der Waals surface area contributed by atoms with Crippen LogP contribution in [0.1, 0.15) is 18.1 Å². The molecule has 0 fully saturated rings. The minimum atomic E-state index is -0.950. The summed E-state index contributed by atoms with van der Waals surface area (Å²) in [5.41, 5.74) is 4.77. The Kier molecular flexibility index (Phi) is 9.60. The van der Waals surface area contributed by atoms with Crippen molar-refractivity contribution < 1.29 is 28.6 Å². The molecule has 0 bridgehead atoms. The minimum absolute atomic E-state index is 0.213. The number of nitrogens with one attached hydrogen (secondary N) is 3. The Bertz CT molecular complexity index is 1290. The number of methoxy groups -OCH3 is 1. The molecule has 10 heteroatoms. The van der Waals surface area contributed by atoms with Gasteiger partial charge in [0.1, 0.15) is 5.75 Å². The van der Waals surface area contributed by atoms with Gasteiger partial charge < -0.3 is 24.8 Å². The second-order valence-electron chi connectivity index (χ2n) is 7.64. The standard InChI is InChI=1S/C27H28N4O6/c1-4-36-22-12-8-7-11-21(22)30-26(33)27(34)31-28-16-19-13-14-23(24(15-19)35-3)37-17-25(32)29-20-10-6-5-9-18(20)2/h5-16H,4,17H2,1-3H3,(H,29,32)(H,30,33)(H,31,34)/b28-16-. The number of amides is 3. The first-order valence-corrected chi connectivity index (χ1v) is 11.4. The van der Waals surface area contributed by atoms with E-state index in [1.807, 2.05) is 38.1 Å². The third-order valence-electron chi connectivity index (χ3n) is 4.99. The lowest BCUT2D eigenvalue weighted by Crippen LogP contribution is -2.32. The van der Waals surface area contributed by atoms with Crippen molar-refractivity contribution in [2.45, 2.75) is 13.8 Å². The fourth-order valence-corrected chi connectivity index (χ4v) is 3.17. The number of hydrazone groups is 1. The Hall–Kier alpha value is -4.86. The Morgan fingerprint density at radius 3 is 2.30 bits per heavy atom. The summed E-state index contributed by atoms with van der Waals surface area (Å²) in [5, 5.41) is 9.11. The van der Waals surface area contributed by atoms with Crippen molar-refractivity contribution in [3.63, 3.8) is 0 Å². The zero-order chi connectivity index (χ0) is 26.6. The molecule has 3 N–H and O–H groups in total. The maximum atomic E-state index is 12.3. The molecule has 0 radical (unpaired) electrons. The van der Waals surface area contributed by atoms with E-state index < -0.39 is 11.8 Å². The first-order chi connectivity index (χ1) is 17.9. The molecule has 3 amide bonds. The summed E-state index contributed by atoms with van der Waals surface area (Å²) < 4.78 is 16.4. The molecule has 192 valence electrons. The topological polar surface area (TPSA) is 127 Å². The summed E-state index contributed by atoms with van der Waals surface area (Å²) in [7, 11) is 1.46. The maximum absolute atomic E-state index is 12.3. The first kappa shape index (κ1) is 26.7. The molecule has 3 aromatic carbocycles. The number of benzene rings is 3. The molecule has 0 heterocycles. The number of nitrogens with zero attached hydrogens (tertiary/aromatic N) is 1. The summed E-state index contributed by atoms with van der Waals surface area (Å²) in [4.78, 5) is 36.6. The van der Waals surface area contributed by atoms with Crippen molar-refractivity contribution in [3.05, 3.63) is 77.9 Å². The van der Waals surface area contributed by atoms with Crippen LogP contribution in [0.5, 0.6) is 17.2 Å². The number of para-hydroxylation sites is 3. The molecular weight excluding hydrogens is 476 g/mol. The number of rotatable bonds is 10. The molecule has 0 aromatic heterocycles. The first-order valence-electron chi connectivity index (χ1n) is 11.4. The van der Waals surface area contributed by atoms with Crippen LogP contribution < -0.4 is 30.3 Å². The number of carbonyl (C=O) groups excluding carboxylic acids is 3. The highest BCUT2D eigenvalue weighted by Crippen LogP contribution is 2.27. The van der Waals surface area contributed by atoms with Crippen LogP contribution in [0.2, 0.25) is 0 Å². The Labute approximate surface area is 214 Å². The van der Waals surface area contributed by atoms with Gasteiger partial charge in [-0.1, -0.05) is 30.3 Å². The van der Waals surface area contributed by atoms with Gasteiger partial charge in [0.05, 0.1) is 25.6 Å². The van der Waals surface area contributed by atoms with Crippen molar-refractivity contribution in [3.8, 4) is 17.2 Å². The zero-order valence-corrected chi connectivity index (χ0v) is 20.7. The second kappa shape index (κ2) is 13.3. The fourth-order valence-electron chi connectivity index (χ4n) is 3.17. The van der Waals surface area contributed by atoms with Gasteiger partial charge in [-0.15, -0.1) is 0 Å². The SMILES string of the molecule is CCOc1ccccc1NC(=O)C(=O)N/N=C\c1ccc(OCC(=O)Nc2ccccc2C)c(OC)c1. The average Bonchev–Trinajstić information content (AvgIpc) is 2.90. The van der Waals surface area contributed by atoms with Crippen molar-refractivity contribution in [2.24, 2.45) is 5.10 Å². The third-order valence-corrected chi connectivity index (χ3v) is 4.99. The molecule has 10 nitrogen and oxygen atoms in total. The van der Waals surface area contributed by atoms with E-state index in [4.69, 9.17) is 14.2 Å². The van der Waals surface area contributed by atoms with Crippen molar-refractivity contribution in [1.29, 1.82) is 0 Å². The number of aryl methyl sites for hydroxylation is 1. The van der Waals surface area contributed by atoms with E-state index in [1.54, 1.807) is 42.5 Å². The molecular formula is C27H28N4O6. The van der Waals surface area contributed by atoms with E-state index in [-0.39, 0.29) is 12.5 Å². The van der Waals surface area contributed by atoms with E-state index in [2.05, 4.69) is 21.2 Å². The van der Waals surface area contributed by atoms with Gasteiger partial charge in [0.15, 0.2) is 18.1 Å². The maximum Gasteiger partial charge on any atom is 0.329 e. The number of anilines is 2. The van der Waals surface area contributed by atoms with Gasteiger partial charge in [-0.05, 0) is 61.4 Å². The summed E-state index contributed by atoms with van der Waals surface area (Å²) in [6, 6.07) is 19.1. The molecule has 0 atom stereocenters. The summed E-state index contributed by atoms with van der Waals surface area (Å²) >= 11 is 0. The Morgan fingerprint density at radius 2 is 1.57 bits per heavy atom. The summed E-state index contributed by atoms with van der Waals surface area (Å²) in [5.74, 6) is -0.979. The van der Waals surface area contributed by atoms with Gasteiger partial charge >= 0.3 is 11.8 Å². The smallest absolute Gasteiger partial charge is 0.329 e. The molecule has 0 unspecified atom stereocenters. The van der Waals surface area contributed by atoms with Crippen LogP contribution in [-0.4, -0.2) is 44.3 Å². The van der Waals surface area contributed by atoms with Crippen LogP contribution in [0.25, 0.3) is 0 Å². The highest BCUT2D eigenvalue weighted by atomic mass is 16.5. The molecule has 0 aliphatic carbocycles. The average molecular weight is 505 g/mol. The minimum Gasteiger partial charge on any atom is -0.493 e. The lowest BCUT2D eigenvalue weighted by atomic mass is 10.2. The number of hydrogen-bond acceptors (Lipinski definition) is 7. The molecule has 0 aliphatic rings. The molecule has 3 rings (SSSR count). The van der Waals surface area contributed by atoms with Crippen LogP contribution in [0, 0.1) is 6.92 Å². The highest BCUT2D eigenvalue weighted by molar-refractivity contribution is 6.39. The van der Waals surface area contributed by atoms with Crippen LogP contribution in [-0.2, 0) is 14.4 Å². The van der Waals surface area contributed by atoms with Crippen LogP contribution in [0.15, 0.2) is 71.8 Å². The monoisotopic (exact) mass is 504 g/mol. The van der Waals surface area contributed by atoms with Crippen LogP contribution in [0.3, 0.4) is 0 Å². The van der Waals surface area contributed by atoms with Gasteiger partial charge in [0.25, 0.3) is 5.91 Å². The largest absolute Gasteiger partial charge is 0.493 e. The second-order valence-corrected chi connectivity index (χ2v) is 7.64. The van der Waals surface area contributed by atoms with Crippen LogP contribution in [0.4, 0.5) is 11.4 Å². The summed E-state index contributed by atoms with van der Waals surface area (Å²) in [6.45, 7) is 3.92. The van der Waals surface area contributed by atoms with Crippen LogP contribution >= 0.6 is 0 Å². The number of carbonyl (C=O) groups is 3. The van der Waals surface area contributed by atoms with E-state index in [0.29, 0.717) is 40.8 Å². The molecule has 0 saturated heterocycles. The van der Waals surface area contributed by atoms with E-state index >= 15 is 0 Å². The summed E-state index contributed by atoms with van der Waals surface area (Å²) in [6.07, 6.45) is 1.34.